The molecule has 0 aliphatic carbocycles. The first-order valence-electron chi connectivity index (χ1n) is 9.43. The maximum absolute atomic E-state index is 12.1. The average Bonchev–Trinajstić information content (AvgIpc) is 2.68. The second-order valence-corrected chi connectivity index (χ2v) is 7.90. The molecule has 0 aliphatic heterocycles. The minimum atomic E-state index is -4.38. The van der Waals surface area contributed by atoms with Crippen LogP contribution in [0.15, 0.2) is 30.3 Å². The number of carbonyl (C=O) groups excluding carboxylic acids is 2. The van der Waals surface area contributed by atoms with Gasteiger partial charge < -0.3 is 27.0 Å². The van der Waals surface area contributed by atoms with Gasteiger partial charge in [0.2, 0.25) is 11.8 Å². The fourth-order valence-corrected chi connectivity index (χ4v) is 3.25. The van der Waals surface area contributed by atoms with Gasteiger partial charge in [0.05, 0.1) is 12.6 Å². The summed E-state index contributed by atoms with van der Waals surface area (Å²) >= 11 is 0. The van der Waals surface area contributed by atoms with Crippen LogP contribution in [0.3, 0.4) is 0 Å². The zero-order valence-corrected chi connectivity index (χ0v) is 17.5. The van der Waals surface area contributed by atoms with E-state index in [0.717, 1.165) is 12.0 Å². The van der Waals surface area contributed by atoms with Crippen LogP contribution in [0.2, 0.25) is 0 Å². The van der Waals surface area contributed by atoms with Gasteiger partial charge >= 0.3 is 7.82 Å². The number of hydrogen-bond acceptors (Lipinski definition) is 7. The molecular formula is C18H31N4O6P. The zero-order valence-electron chi connectivity index (χ0n) is 16.6. The van der Waals surface area contributed by atoms with E-state index >= 15 is 0 Å². The van der Waals surface area contributed by atoms with Gasteiger partial charge in [-0.15, -0.1) is 0 Å². The number of carbonyl (C=O) groups is 2. The number of phosphoric acid groups is 1. The highest BCUT2D eigenvalue weighted by Gasteiger charge is 2.27. The number of hydrogen-bond donors (Lipinski definition) is 5. The lowest BCUT2D eigenvalue weighted by Crippen LogP contribution is -2.45. The van der Waals surface area contributed by atoms with Crippen LogP contribution in [-0.2, 0) is 29.6 Å². The molecule has 0 radical (unpaired) electrons. The molecule has 0 heterocycles. The molecule has 3 unspecified atom stereocenters. The van der Waals surface area contributed by atoms with Crippen molar-refractivity contribution in [2.45, 2.75) is 38.3 Å². The zero-order chi connectivity index (χ0) is 21.7. The van der Waals surface area contributed by atoms with E-state index in [1.807, 2.05) is 30.3 Å². The van der Waals surface area contributed by atoms with Gasteiger partial charge in [0.25, 0.3) is 0 Å². The Labute approximate surface area is 170 Å². The summed E-state index contributed by atoms with van der Waals surface area (Å²) in [7, 11) is -4.38. The van der Waals surface area contributed by atoms with E-state index in [0.29, 0.717) is 6.42 Å². The topological polar surface area (TPSA) is 166 Å². The second-order valence-electron chi connectivity index (χ2n) is 6.49. The average molecular weight is 430 g/mol. The molecule has 10 nitrogen and oxygen atoms in total. The number of phosphoric ester groups is 1. The first-order chi connectivity index (χ1) is 13.7. The lowest BCUT2D eigenvalue weighted by Gasteiger charge is -2.22. The van der Waals surface area contributed by atoms with Crippen LogP contribution in [-0.4, -0.2) is 55.1 Å². The summed E-state index contributed by atoms with van der Waals surface area (Å²) in [5.41, 5.74) is 11.9. The number of amides is 2. The Balaban J connectivity index is 2.50. The third-order valence-corrected chi connectivity index (χ3v) is 4.88. The summed E-state index contributed by atoms with van der Waals surface area (Å²) in [4.78, 5) is 33.4. The van der Waals surface area contributed by atoms with E-state index in [2.05, 4.69) is 10.6 Å². The predicted molar refractivity (Wildman–Crippen MR) is 109 cm³/mol. The van der Waals surface area contributed by atoms with Crippen LogP contribution >= 0.6 is 7.82 Å². The van der Waals surface area contributed by atoms with E-state index in [1.165, 1.54) is 6.92 Å². The standard InChI is InChI=1S/C18H31N4O6P/c1-14(20)18(24)22-13-16(28-29(25,26)27-11-10-19)12-21-17(23)9-5-8-15-6-3-2-4-7-15/h2-4,6-7,14,16H,5,8-13,19-20H2,1H3,(H,21,23)(H,22,24)(H,25,26). The number of benzene rings is 1. The highest BCUT2D eigenvalue weighted by molar-refractivity contribution is 7.47. The summed E-state index contributed by atoms with van der Waals surface area (Å²) < 4.78 is 21.7. The lowest BCUT2D eigenvalue weighted by molar-refractivity contribution is -0.122. The van der Waals surface area contributed by atoms with Crippen molar-refractivity contribution in [2.24, 2.45) is 11.5 Å². The molecule has 2 amide bonds. The molecule has 3 atom stereocenters. The van der Waals surface area contributed by atoms with Crippen molar-refractivity contribution < 1.29 is 28.1 Å². The fourth-order valence-electron chi connectivity index (χ4n) is 2.32. The largest absolute Gasteiger partial charge is 0.472 e. The van der Waals surface area contributed by atoms with Gasteiger partial charge in [-0.05, 0) is 25.3 Å². The Bertz CT molecular complexity index is 674. The highest BCUT2D eigenvalue weighted by atomic mass is 31.2. The van der Waals surface area contributed by atoms with Gasteiger partial charge in [0, 0.05) is 26.1 Å². The van der Waals surface area contributed by atoms with Crippen molar-refractivity contribution >= 4 is 19.6 Å². The predicted octanol–water partition coefficient (Wildman–Crippen LogP) is 0.0498. The van der Waals surface area contributed by atoms with E-state index in [-0.39, 0.29) is 38.6 Å². The van der Waals surface area contributed by atoms with E-state index in [9.17, 15) is 19.0 Å². The first kappa shape index (κ1) is 25.2. The molecule has 164 valence electrons. The van der Waals surface area contributed by atoms with Gasteiger partial charge in [-0.3, -0.25) is 18.6 Å². The number of rotatable bonds is 14. The molecule has 0 aliphatic rings. The number of nitrogens with two attached hydrogens (primary N) is 2. The summed E-state index contributed by atoms with van der Waals surface area (Å²) in [6, 6.07) is 9.03. The molecule has 29 heavy (non-hydrogen) atoms. The molecule has 0 fully saturated rings. The van der Waals surface area contributed by atoms with Gasteiger partial charge in [-0.1, -0.05) is 30.3 Å². The Kier molecular flexibility index (Phi) is 11.7. The highest BCUT2D eigenvalue weighted by Crippen LogP contribution is 2.44. The molecule has 0 spiro atoms. The monoisotopic (exact) mass is 430 g/mol. The SMILES string of the molecule is CC(N)C(=O)NCC(CNC(=O)CCCc1ccccc1)OP(=O)(O)OCCN. The molecule has 1 rings (SSSR count). The molecule has 0 saturated carbocycles. The molecule has 1 aromatic carbocycles. The maximum atomic E-state index is 12.1. The molecule has 0 saturated heterocycles. The molecule has 7 N–H and O–H groups in total. The molecule has 0 aromatic heterocycles. The van der Waals surface area contributed by atoms with Crippen molar-refractivity contribution in [3.63, 3.8) is 0 Å². The second kappa shape index (κ2) is 13.4. The van der Waals surface area contributed by atoms with Crippen molar-refractivity contribution in [3.05, 3.63) is 35.9 Å². The van der Waals surface area contributed by atoms with Crippen molar-refractivity contribution in [3.8, 4) is 0 Å². The Morgan fingerprint density at radius 3 is 2.48 bits per heavy atom. The Hall–Kier alpha value is -1.81. The van der Waals surface area contributed by atoms with E-state index in [4.69, 9.17) is 20.5 Å². The Morgan fingerprint density at radius 2 is 1.86 bits per heavy atom. The first-order valence-corrected chi connectivity index (χ1v) is 10.9. The summed E-state index contributed by atoms with van der Waals surface area (Å²) in [5.74, 6) is -0.688. The summed E-state index contributed by atoms with van der Waals surface area (Å²) in [5, 5.41) is 5.14. The molecule has 11 heteroatoms. The normalized spacial score (nSPS) is 15.2. The fraction of sp³-hybridized carbons (Fsp3) is 0.556. The van der Waals surface area contributed by atoms with E-state index in [1.54, 1.807) is 0 Å². The molecule has 0 bridgehead atoms. The third kappa shape index (κ3) is 11.7. The number of nitrogens with one attached hydrogen (secondary N) is 2. The van der Waals surface area contributed by atoms with Crippen LogP contribution < -0.4 is 22.1 Å². The molecule has 1 aromatic rings. The van der Waals surface area contributed by atoms with Crippen LogP contribution in [0.5, 0.6) is 0 Å². The summed E-state index contributed by atoms with van der Waals surface area (Å²) in [6.45, 7) is 1.17. The molecular weight excluding hydrogens is 399 g/mol. The van der Waals surface area contributed by atoms with Crippen molar-refractivity contribution in [2.75, 3.05) is 26.2 Å². The van der Waals surface area contributed by atoms with Gasteiger partial charge in [-0.2, -0.15) is 0 Å². The van der Waals surface area contributed by atoms with Gasteiger partial charge in [-0.25, -0.2) is 4.57 Å². The minimum Gasteiger partial charge on any atom is -0.353 e. The van der Waals surface area contributed by atoms with Crippen LogP contribution in [0, 0.1) is 0 Å². The van der Waals surface area contributed by atoms with Gasteiger partial charge in [0.15, 0.2) is 0 Å². The van der Waals surface area contributed by atoms with Gasteiger partial charge in [0.1, 0.15) is 6.10 Å². The quantitative estimate of drug-likeness (QED) is 0.258. The maximum Gasteiger partial charge on any atom is 0.472 e. The third-order valence-electron chi connectivity index (χ3n) is 3.81. The lowest BCUT2D eigenvalue weighted by atomic mass is 10.1. The van der Waals surface area contributed by atoms with Crippen LogP contribution in [0.25, 0.3) is 0 Å². The Morgan fingerprint density at radius 1 is 1.21 bits per heavy atom. The minimum absolute atomic E-state index is 0.0398. The van der Waals surface area contributed by atoms with Crippen LogP contribution in [0.1, 0.15) is 25.3 Å². The van der Waals surface area contributed by atoms with Crippen molar-refractivity contribution in [1.82, 2.24) is 10.6 Å². The summed E-state index contributed by atoms with van der Waals surface area (Å²) in [6.07, 6.45) is 0.719. The van der Waals surface area contributed by atoms with E-state index < -0.39 is 25.9 Å². The van der Waals surface area contributed by atoms with Crippen LogP contribution in [0.4, 0.5) is 0 Å². The smallest absolute Gasteiger partial charge is 0.353 e. The number of aryl methyl sites for hydroxylation is 1. The van der Waals surface area contributed by atoms with Crippen molar-refractivity contribution in [1.29, 1.82) is 0 Å².